The second-order valence-corrected chi connectivity index (χ2v) is 5.83. The first kappa shape index (κ1) is 13.2. The van der Waals surface area contributed by atoms with Crippen molar-refractivity contribution in [2.75, 3.05) is 25.9 Å². The van der Waals surface area contributed by atoms with Crippen LogP contribution in [0.1, 0.15) is 24.3 Å². The number of rotatable bonds is 2. The first-order valence-electron chi connectivity index (χ1n) is 7.37. The third-order valence-corrected chi connectivity index (χ3v) is 4.32. The third-order valence-electron chi connectivity index (χ3n) is 4.32. The van der Waals surface area contributed by atoms with Crippen LogP contribution in [-0.2, 0) is 0 Å². The molecule has 0 aromatic heterocycles. The van der Waals surface area contributed by atoms with E-state index in [-0.39, 0.29) is 0 Å². The molecule has 2 aromatic carbocycles. The zero-order valence-corrected chi connectivity index (χ0v) is 12.0. The van der Waals surface area contributed by atoms with Gasteiger partial charge in [0.1, 0.15) is 0 Å². The fourth-order valence-corrected chi connectivity index (χ4v) is 3.01. The molecule has 1 fully saturated rings. The first-order valence-corrected chi connectivity index (χ1v) is 7.37. The fourth-order valence-electron chi connectivity index (χ4n) is 3.01. The van der Waals surface area contributed by atoms with Crippen molar-refractivity contribution in [3.05, 3.63) is 54.1 Å². The summed E-state index contributed by atoms with van der Waals surface area (Å²) in [6.07, 6.45) is 2.54. The van der Waals surface area contributed by atoms with Crippen molar-refractivity contribution in [2.24, 2.45) is 0 Å². The highest BCUT2D eigenvalue weighted by atomic mass is 15.1. The van der Waals surface area contributed by atoms with Crippen LogP contribution in [0.15, 0.2) is 48.5 Å². The Balaban J connectivity index is 1.78. The lowest BCUT2D eigenvalue weighted by atomic mass is 9.88. The van der Waals surface area contributed by atoms with Crippen molar-refractivity contribution < 1.29 is 0 Å². The number of nitrogens with two attached hydrogens (primary N) is 1. The summed E-state index contributed by atoms with van der Waals surface area (Å²) in [6.45, 7) is 2.42. The third kappa shape index (κ3) is 2.86. The van der Waals surface area contributed by atoms with Gasteiger partial charge in [0, 0.05) is 5.69 Å². The lowest BCUT2D eigenvalue weighted by Gasteiger charge is -2.29. The topological polar surface area (TPSA) is 29.3 Å². The molecule has 0 amide bonds. The van der Waals surface area contributed by atoms with E-state index in [0.717, 1.165) is 11.6 Å². The van der Waals surface area contributed by atoms with E-state index in [0.29, 0.717) is 0 Å². The summed E-state index contributed by atoms with van der Waals surface area (Å²) in [7, 11) is 2.21. The molecule has 2 aromatic rings. The average molecular weight is 266 g/mol. The van der Waals surface area contributed by atoms with E-state index in [1.54, 1.807) is 0 Å². The van der Waals surface area contributed by atoms with Crippen molar-refractivity contribution in [1.29, 1.82) is 0 Å². The van der Waals surface area contributed by atoms with E-state index >= 15 is 0 Å². The summed E-state index contributed by atoms with van der Waals surface area (Å²) in [5, 5.41) is 0. The molecule has 104 valence electrons. The lowest BCUT2D eigenvalue weighted by Crippen LogP contribution is -2.29. The maximum absolute atomic E-state index is 5.85. The molecular formula is C18H22N2. The van der Waals surface area contributed by atoms with Crippen LogP contribution in [0.25, 0.3) is 11.1 Å². The number of hydrogen-bond donors (Lipinski definition) is 1. The van der Waals surface area contributed by atoms with Crippen molar-refractivity contribution >= 4 is 5.69 Å². The molecule has 3 rings (SSSR count). The van der Waals surface area contributed by atoms with Gasteiger partial charge in [-0.25, -0.2) is 0 Å². The van der Waals surface area contributed by atoms with Gasteiger partial charge in [0.2, 0.25) is 0 Å². The van der Waals surface area contributed by atoms with Gasteiger partial charge in [-0.1, -0.05) is 36.4 Å². The van der Waals surface area contributed by atoms with Gasteiger partial charge in [0.15, 0.2) is 0 Å². The van der Waals surface area contributed by atoms with Gasteiger partial charge in [0.05, 0.1) is 0 Å². The van der Waals surface area contributed by atoms with E-state index in [2.05, 4.69) is 42.3 Å². The maximum Gasteiger partial charge on any atom is 0.0320 e. The molecule has 0 aliphatic carbocycles. The molecule has 0 saturated carbocycles. The second kappa shape index (κ2) is 5.68. The SMILES string of the molecule is CN1CCC(c2ccc(-c3cccc(N)c3)cc2)CC1. The Morgan fingerprint density at radius 1 is 0.950 bits per heavy atom. The number of nitrogens with zero attached hydrogens (tertiary/aromatic N) is 1. The minimum Gasteiger partial charge on any atom is -0.399 e. The van der Waals surface area contributed by atoms with Crippen LogP contribution in [0.4, 0.5) is 5.69 Å². The maximum atomic E-state index is 5.85. The van der Waals surface area contributed by atoms with Gasteiger partial charge in [-0.15, -0.1) is 0 Å². The van der Waals surface area contributed by atoms with Gasteiger partial charge in [-0.05, 0) is 67.7 Å². The normalized spacial score (nSPS) is 17.2. The van der Waals surface area contributed by atoms with Gasteiger partial charge in [-0.3, -0.25) is 0 Å². The predicted octanol–water partition coefficient (Wildman–Crippen LogP) is 3.75. The average Bonchev–Trinajstić information content (AvgIpc) is 2.48. The molecular weight excluding hydrogens is 244 g/mol. The number of benzene rings is 2. The van der Waals surface area contributed by atoms with Gasteiger partial charge < -0.3 is 10.6 Å². The zero-order valence-electron chi connectivity index (χ0n) is 12.0. The molecule has 2 heteroatoms. The van der Waals surface area contributed by atoms with Crippen LogP contribution in [0.3, 0.4) is 0 Å². The molecule has 1 heterocycles. The summed E-state index contributed by atoms with van der Waals surface area (Å²) >= 11 is 0. The largest absolute Gasteiger partial charge is 0.399 e. The fraction of sp³-hybridized carbons (Fsp3) is 0.333. The monoisotopic (exact) mass is 266 g/mol. The Labute approximate surface area is 121 Å². The minimum absolute atomic E-state index is 0.723. The van der Waals surface area contributed by atoms with Crippen molar-refractivity contribution in [3.8, 4) is 11.1 Å². The van der Waals surface area contributed by atoms with Crippen LogP contribution >= 0.6 is 0 Å². The summed E-state index contributed by atoms with van der Waals surface area (Å²) in [4.78, 5) is 2.41. The molecule has 0 unspecified atom stereocenters. The highest BCUT2D eigenvalue weighted by molar-refractivity contribution is 5.67. The van der Waals surface area contributed by atoms with Gasteiger partial charge >= 0.3 is 0 Å². The molecule has 2 N–H and O–H groups in total. The van der Waals surface area contributed by atoms with Gasteiger partial charge in [0.25, 0.3) is 0 Å². The van der Waals surface area contributed by atoms with E-state index in [1.807, 2.05) is 18.2 Å². The summed E-state index contributed by atoms with van der Waals surface area (Å²) < 4.78 is 0. The summed E-state index contributed by atoms with van der Waals surface area (Å²) in [5.74, 6) is 0.723. The quantitative estimate of drug-likeness (QED) is 0.839. The Morgan fingerprint density at radius 2 is 1.65 bits per heavy atom. The number of anilines is 1. The molecule has 0 spiro atoms. The number of likely N-dealkylation sites (tertiary alicyclic amines) is 1. The van der Waals surface area contributed by atoms with E-state index < -0.39 is 0 Å². The number of piperidine rings is 1. The molecule has 0 atom stereocenters. The molecule has 2 nitrogen and oxygen atoms in total. The molecule has 0 bridgehead atoms. The molecule has 20 heavy (non-hydrogen) atoms. The van der Waals surface area contributed by atoms with E-state index in [1.165, 1.54) is 42.6 Å². The Morgan fingerprint density at radius 3 is 2.30 bits per heavy atom. The lowest BCUT2D eigenvalue weighted by molar-refractivity contribution is 0.255. The first-order chi connectivity index (χ1) is 9.72. The van der Waals surface area contributed by atoms with Gasteiger partial charge in [-0.2, -0.15) is 0 Å². The van der Waals surface area contributed by atoms with E-state index in [9.17, 15) is 0 Å². The van der Waals surface area contributed by atoms with Crippen molar-refractivity contribution in [2.45, 2.75) is 18.8 Å². The standard InChI is InChI=1S/C18H22N2/c1-20-11-9-16(10-12-20)14-5-7-15(8-6-14)17-3-2-4-18(19)13-17/h2-8,13,16H,9-12,19H2,1H3. The minimum atomic E-state index is 0.723. The Bertz CT molecular complexity index is 566. The Kier molecular flexibility index (Phi) is 3.75. The second-order valence-electron chi connectivity index (χ2n) is 5.83. The highest BCUT2D eigenvalue weighted by Crippen LogP contribution is 2.29. The van der Waals surface area contributed by atoms with Crippen molar-refractivity contribution in [1.82, 2.24) is 4.90 Å². The van der Waals surface area contributed by atoms with Crippen LogP contribution in [-0.4, -0.2) is 25.0 Å². The van der Waals surface area contributed by atoms with Crippen LogP contribution < -0.4 is 5.73 Å². The number of nitrogen functional groups attached to an aromatic ring is 1. The van der Waals surface area contributed by atoms with E-state index in [4.69, 9.17) is 5.73 Å². The van der Waals surface area contributed by atoms with Crippen LogP contribution in [0.5, 0.6) is 0 Å². The highest BCUT2D eigenvalue weighted by Gasteiger charge is 2.18. The summed E-state index contributed by atoms with van der Waals surface area (Å²) in [5.41, 5.74) is 10.6. The molecule has 0 radical (unpaired) electrons. The smallest absolute Gasteiger partial charge is 0.0320 e. The predicted molar refractivity (Wildman–Crippen MR) is 85.8 cm³/mol. The van der Waals surface area contributed by atoms with Crippen LogP contribution in [0.2, 0.25) is 0 Å². The van der Waals surface area contributed by atoms with Crippen molar-refractivity contribution in [3.63, 3.8) is 0 Å². The molecule has 1 aliphatic heterocycles. The summed E-state index contributed by atoms with van der Waals surface area (Å²) in [6, 6.07) is 17.1. The van der Waals surface area contributed by atoms with Crippen LogP contribution in [0, 0.1) is 0 Å². The molecule has 1 saturated heterocycles. The Hall–Kier alpha value is -1.80. The zero-order chi connectivity index (χ0) is 13.9. The number of hydrogen-bond acceptors (Lipinski definition) is 2. The molecule has 1 aliphatic rings.